The van der Waals surface area contributed by atoms with Crippen molar-refractivity contribution >= 4 is 5.91 Å². The third kappa shape index (κ3) is 4.88. The van der Waals surface area contributed by atoms with Crippen LogP contribution in [0.25, 0.3) is 0 Å². The van der Waals surface area contributed by atoms with Crippen molar-refractivity contribution in [3.8, 4) is 0 Å². The lowest BCUT2D eigenvalue weighted by Gasteiger charge is -2.20. The largest absolute Gasteiger partial charge is 0.344 e. The van der Waals surface area contributed by atoms with Gasteiger partial charge in [0, 0.05) is 13.6 Å². The maximum atomic E-state index is 11.8. The normalized spacial score (nSPS) is 12.2. The van der Waals surface area contributed by atoms with Crippen LogP contribution in [0.3, 0.4) is 0 Å². The number of carbonyl (C=O) groups is 1. The van der Waals surface area contributed by atoms with Crippen LogP contribution in [-0.4, -0.2) is 37.5 Å². The van der Waals surface area contributed by atoms with Crippen LogP contribution in [0.1, 0.15) is 25.3 Å². The third-order valence-corrected chi connectivity index (χ3v) is 3.23. The molecule has 0 aliphatic carbocycles. The highest BCUT2D eigenvalue weighted by molar-refractivity contribution is 5.81. The zero-order valence-electron chi connectivity index (χ0n) is 11.6. The maximum Gasteiger partial charge on any atom is 0.239 e. The Morgan fingerprint density at radius 2 is 1.94 bits per heavy atom. The van der Waals surface area contributed by atoms with Crippen molar-refractivity contribution < 1.29 is 4.79 Å². The molecule has 0 spiro atoms. The smallest absolute Gasteiger partial charge is 0.239 e. The Bertz CT molecular complexity index is 351. The number of nitrogens with zero attached hydrogens (tertiary/aromatic N) is 1. The standard InChI is InChI=1S/C15H24N2O/c1-13(16-2)15(18)17(3)12-8-7-11-14-9-5-4-6-10-14/h4-6,9-10,13,16H,7-8,11-12H2,1-3H3. The van der Waals surface area contributed by atoms with E-state index in [-0.39, 0.29) is 11.9 Å². The van der Waals surface area contributed by atoms with E-state index >= 15 is 0 Å². The van der Waals surface area contributed by atoms with Crippen LogP contribution in [0.4, 0.5) is 0 Å². The minimum atomic E-state index is -0.0934. The van der Waals surface area contributed by atoms with Crippen molar-refractivity contribution in [2.45, 2.75) is 32.2 Å². The SMILES string of the molecule is CNC(C)C(=O)N(C)CCCCc1ccccc1. The van der Waals surface area contributed by atoms with Gasteiger partial charge in [-0.05, 0) is 38.8 Å². The maximum absolute atomic E-state index is 11.8. The van der Waals surface area contributed by atoms with Gasteiger partial charge in [0.05, 0.1) is 6.04 Å². The van der Waals surface area contributed by atoms with E-state index in [1.807, 2.05) is 32.0 Å². The first-order chi connectivity index (χ1) is 8.65. The Kier molecular flexibility index (Phi) is 6.44. The van der Waals surface area contributed by atoms with Gasteiger partial charge in [-0.1, -0.05) is 30.3 Å². The van der Waals surface area contributed by atoms with Crippen LogP contribution in [0, 0.1) is 0 Å². The van der Waals surface area contributed by atoms with Crippen molar-refractivity contribution in [3.63, 3.8) is 0 Å². The van der Waals surface area contributed by atoms with E-state index in [0.29, 0.717) is 0 Å². The van der Waals surface area contributed by atoms with Crippen LogP contribution in [0.2, 0.25) is 0 Å². The molecule has 0 heterocycles. The minimum Gasteiger partial charge on any atom is -0.344 e. The summed E-state index contributed by atoms with van der Waals surface area (Å²) in [6, 6.07) is 10.4. The lowest BCUT2D eigenvalue weighted by molar-refractivity contribution is -0.131. The molecule has 1 N–H and O–H groups in total. The van der Waals surface area contributed by atoms with Gasteiger partial charge in [0.15, 0.2) is 0 Å². The minimum absolute atomic E-state index is 0.0934. The average molecular weight is 248 g/mol. The highest BCUT2D eigenvalue weighted by atomic mass is 16.2. The average Bonchev–Trinajstić information content (AvgIpc) is 2.42. The Hall–Kier alpha value is -1.35. The molecule has 1 aromatic rings. The van der Waals surface area contributed by atoms with Crippen molar-refractivity contribution in [1.29, 1.82) is 0 Å². The Balaban J connectivity index is 2.20. The van der Waals surface area contributed by atoms with Gasteiger partial charge in [-0.3, -0.25) is 4.79 Å². The number of benzene rings is 1. The fraction of sp³-hybridized carbons (Fsp3) is 0.533. The molecule has 1 amide bonds. The van der Waals surface area contributed by atoms with E-state index in [9.17, 15) is 4.79 Å². The van der Waals surface area contributed by atoms with Gasteiger partial charge in [0.1, 0.15) is 0 Å². The summed E-state index contributed by atoms with van der Waals surface area (Å²) in [7, 11) is 3.69. The molecule has 18 heavy (non-hydrogen) atoms. The first-order valence-electron chi connectivity index (χ1n) is 6.61. The van der Waals surface area contributed by atoms with E-state index < -0.39 is 0 Å². The number of aryl methyl sites for hydroxylation is 1. The molecule has 0 aliphatic heterocycles. The van der Waals surface area contributed by atoms with Crippen LogP contribution in [-0.2, 0) is 11.2 Å². The van der Waals surface area contributed by atoms with Crippen molar-refractivity contribution in [1.82, 2.24) is 10.2 Å². The summed E-state index contributed by atoms with van der Waals surface area (Å²) in [6.45, 7) is 2.72. The molecule has 0 bridgehead atoms. The van der Waals surface area contributed by atoms with Gasteiger partial charge in [-0.15, -0.1) is 0 Å². The zero-order valence-corrected chi connectivity index (χ0v) is 11.6. The topological polar surface area (TPSA) is 32.3 Å². The second kappa shape index (κ2) is 7.88. The van der Waals surface area contributed by atoms with Gasteiger partial charge in [-0.2, -0.15) is 0 Å². The lowest BCUT2D eigenvalue weighted by atomic mass is 10.1. The first kappa shape index (κ1) is 14.7. The predicted octanol–water partition coefficient (Wildman–Crippen LogP) is 2.08. The molecule has 0 fully saturated rings. The highest BCUT2D eigenvalue weighted by Gasteiger charge is 2.14. The monoisotopic (exact) mass is 248 g/mol. The molecule has 0 aliphatic rings. The summed E-state index contributed by atoms with van der Waals surface area (Å²) in [5, 5.41) is 2.97. The molecule has 0 saturated carbocycles. The number of nitrogens with one attached hydrogen (secondary N) is 1. The molecule has 3 heteroatoms. The van der Waals surface area contributed by atoms with Gasteiger partial charge in [0.25, 0.3) is 0 Å². The molecule has 100 valence electrons. The van der Waals surface area contributed by atoms with Crippen LogP contribution in [0.15, 0.2) is 30.3 Å². The fourth-order valence-corrected chi connectivity index (χ4v) is 1.89. The molecular formula is C15H24N2O. The van der Waals surface area contributed by atoms with Gasteiger partial charge >= 0.3 is 0 Å². The number of likely N-dealkylation sites (N-methyl/N-ethyl adjacent to an activating group) is 2. The highest BCUT2D eigenvalue weighted by Crippen LogP contribution is 2.05. The van der Waals surface area contributed by atoms with Crippen molar-refractivity contribution in [2.24, 2.45) is 0 Å². The molecule has 1 unspecified atom stereocenters. The Morgan fingerprint density at radius 3 is 2.56 bits per heavy atom. The molecule has 0 radical (unpaired) electrons. The number of hydrogen-bond donors (Lipinski definition) is 1. The first-order valence-corrected chi connectivity index (χ1v) is 6.61. The summed E-state index contributed by atoms with van der Waals surface area (Å²) in [5.74, 6) is 0.164. The van der Waals surface area contributed by atoms with Crippen molar-refractivity contribution in [3.05, 3.63) is 35.9 Å². The summed E-state index contributed by atoms with van der Waals surface area (Å²) in [4.78, 5) is 13.6. The lowest BCUT2D eigenvalue weighted by Crippen LogP contribution is -2.41. The number of unbranched alkanes of at least 4 members (excludes halogenated alkanes) is 1. The van der Waals surface area contributed by atoms with Crippen LogP contribution < -0.4 is 5.32 Å². The predicted molar refractivity (Wildman–Crippen MR) is 75.5 cm³/mol. The van der Waals surface area contributed by atoms with E-state index in [0.717, 1.165) is 25.8 Å². The second-order valence-corrected chi connectivity index (χ2v) is 4.71. The molecule has 1 aromatic carbocycles. The van der Waals surface area contributed by atoms with Gasteiger partial charge < -0.3 is 10.2 Å². The number of amides is 1. The van der Waals surface area contributed by atoms with E-state index in [1.165, 1.54) is 5.56 Å². The summed E-state index contributed by atoms with van der Waals surface area (Å²) < 4.78 is 0. The quantitative estimate of drug-likeness (QED) is 0.749. The molecule has 1 atom stereocenters. The van der Waals surface area contributed by atoms with E-state index in [4.69, 9.17) is 0 Å². The van der Waals surface area contributed by atoms with Crippen LogP contribution >= 0.6 is 0 Å². The molecule has 0 saturated heterocycles. The third-order valence-electron chi connectivity index (χ3n) is 3.23. The van der Waals surface area contributed by atoms with Gasteiger partial charge in [0.2, 0.25) is 5.91 Å². The van der Waals surface area contributed by atoms with E-state index in [1.54, 1.807) is 0 Å². The fourth-order valence-electron chi connectivity index (χ4n) is 1.89. The molecular weight excluding hydrogens is 224 g/mol. The molecule has 1 rings (SSSR count). The summed E-state index contributed by atoms with van der Waals surface area (Å²) in [5.41, 5.74) is 1.37. The molecule has 3 nitrogen and oxygen atoms in total. The summed E-state index contributed by atoms with van der Waals surface area (Å²) in [6.07, 6.45) is 3.26. The summed E-state index contributed by atoms with van der Waals surface area (Å²) >= 11 is 0. The second-order valence-electron chi connectivity index (χ2n) is 4.71. The Morgan fingerprint density at radius 1 is 1.28 bits per heavy atom. The number of hydrogen-bond acceptors (Lipinski definition) is 2. The molecule has 0 aromatic heterocycles. The van der Waals surface area contributed by atoms with E-state index in [2.05, 4.69) is 29.6 Å². The zero-order chi connectivity index (χ0) is 13.4. The number of carbonyl (C=O) groups excluding carboxylic acids is 1. The van der Waals surface area contributed by atoms with Crippen molar-refractivity contribution in [2.75, 3.05) is 20.6 Å². The number of rotatable bonds is 7. The Labute approximate surface area is 110 Å². The van der Waals surface area contributed by atoms with Gasteiger partial charge in [-0.25, -0.2) is 0 Å². The van der Waals surface area contributed by atoms with Crippen LogP contribution in [0.5, 0.6) is 0 Å².